The van der Waals surface area contributed by atoms with E-state index in [9.17, 15) is 9.90 Å². The smallest absolute Gasteiger partial charge is 0.254 e. The van der Waals surface area contributed by atoms with Gasteiger partial charge in [-0.25, -0.2) is 15.0 Å². The highest BCUT2D eigenvalue weighted by atomic mass is 16.5. The molecule has 1 saturated carbocycles. The summed E-state index contributed by atoms with van der Waals surface area (Å²) < 4.78 is 5.08. The van der Waals surface area contributed by atoms with Crippen LogP contribution in [0.1, 0.15) is 34.8 Å². The van der Waals surface area contributed by atoms with E-state index in [1.807, 2.05) is 6.07 Å². The average Bonchev–Trinajstić information content (AvgIpc) is 2.64. The van der Waals surface area contributed by atoms with Crippen LogP contribution in [-0.2, 0) is 0 Å². The average molecular weight is 343 g/mol. The fourth-order valence-corrected chi connectivity index (χ4v) is 2.87. The number of hydrogen-bond acceptors (Lipinski definition) is 7. The van der Waals surface area contributed by atoms with Crippen LogP contribution < -0.4 is 15.4 Å². The number of carbonyl (C=O) groups excluding carboxylic acids is 1. The van der Waals surface area contributed by atoms with Gasteiger partial charge in [-0.1, -0.05) is 6.07 Å². The van der Waals surface area contributed by atoms with Gasteiger partial charge in [0.1, 0.15) is 0 Å². The van der Waals surface area contributed by atoms with Crippen molar-refractivity contribution in [2.24, 2.45) is 5.92 Å². The van der Waals surface area contributed by atoms with Crippen molar-refractivity contribution in [1.29, 1.82) is 0 Å². The number of nitrogens with one attached hydrogen (secondary N) is 2. The highest BCUT2D eigenvalue weighted by molar-refractivity contribution is 5.94. The fraction of sp³-hybridized carbons (Fsp3) is 0.412. The summed E-state index contributed by atoms with van der Waals surface area (Å²) in [5.74, 6) is 0.865. The largest absolute Gasteiger partial charge is 0.481 e. The van der Waals surface area contributed by atoms with Crippen LogP contribution in [0.15, 0.2) is 30.7 Å². The zero-order valence-electron chi connectivity index (χ0n) is 14.1. The fourth-order valence-electron chi connectivity index (χ4n) is 2.87. The Hall–Kier alpha value is -2.74. The van der Waals surface area contributed by atoms with Crippen molar-refractivity contribution in [2.75, 3.05) is 19.5 Å². The van der Waals surface area contributed by atoms with Crippen LogP contribution in [0.5, 0.6) is 5.88 Å². The van der Waals surface area contributed by atoms with Crippen LogP contribution in [0.25, 0.3) is 0 Å². The van der Waals surface area contributed by atoms with E-state index in [1.54, 1.807) is 26.4 Å². The lowest BCUT2D eigenvalue weighted by atomic mass is 9.75. The Balaban J connectivity index is 1.77. The summed E-state index contributed by atoms with van der Waals surface area (Å²) in [7, 11) is 3.27. The van der Waals surface area contributed by atoms with Gasteiger partial charge in [0, 0.05) is 31.7 Å². The number of methoxy groups -OCH3 is 1. The van der Waals surface area contributed by atoms with E-state index in [1.165, 1.54) is 12.4 Å². The Labute approximate surface area is 145 Å². The van der Waals surface area contributed by atoms with Crippen molar-refractivity contribution < 1.29 is 14.6 Å². The molecule has 0 bridgehead atoms. The first-order valence-electron chi connectivity index (χ1n) is 8.09. The molecular weight excluding hydrogens is 322 g/mol. The lowest BCUT2D eigenvalue weighted by Crippen LogP contribution is -2.41. The first kappa shape index (κ1) is 17.1. The number of aromatic nitrogens is 3. The molecule has 1 aliphatic carbocycles. The minimum absolute atomic E-state index is 0.159. The molecule has 1 aliphatic rings. The Bertz CT molecular complexity index is 714. The number of carbonyl (C=O) groups is 1. The summed E-state index contributed by atoms with van der Waals surface area (Å²) in [5, 5.41) is 15.5. The van der Waals surface area contributed by atoms with Gasteiger partial charge in [-0.05, 0) is 24.3 Å². The molecule has 1 fully saturated rings. The summed E-state index contributed by atoms with van der Waals surface area (Å²) in [4.78, 5) is 24.9. The van der Waals surface area contributed by atoms with E-state index in [0.717, 1.165) is 5.56 Å². The molecule has 0 spiro atoms. The second-order valence-corrected chi connectivity index (χ2v) is 6.02. The number of aliphatic hydroxyl groups is 1. The van der Waals surface area contributed by atoms with Crippen LogP contribution in [-0.4, -0.2) is 46.2 Å². The molecular formula is C17H21N5O3. The summed E-state index contributed by atoms with van der Waals surface area (Å²) >= 11 is 0. The van der Waals surface area contributed by atoms with Crippen molar-refractivity contribution in [3.8, 4) is 5.88 Å². The molecule has 25 heavy (non-hydrogen) atoms. The van der Waals surface area contributed by atoms with Crippen LogP contribution in [0.2, 0.25) is 0 Å². The molecule has 3 rings (SSSR count). The topological polar surface area (TPSA) is 109 Å². The van der Waals surface area contributed by atoms with Crippen molar-refractivity contribution in [3.05, 3.63) is 41.9 Å². The number of nitrogens with zero attached hydrogens (tertiary/aromatic N) is 3. The van der Waals surface area contributed by atoms with Crippen molar-refractivity contribution in [2.45, 2.75) is 25.0 Å². The summed E-state index contributed by atoms with van der Waals surface area (Å²) in [5.41, 5.74) is 1.25. The molecule has 8 heteroatoms. The third-order valence-electron chi connectivity index (χ3n) is 4.37. The molecule has 1 amide bonds. The molecule has 0 aliphatic heterocycles. The number of anilines is 1. The summed E-state index contributed by atoms with van der Waals surface area (Å²) in [6.45, 7) is 0. The second kappa shape index (κ2) is 7.43. The molecule has 1 atom stereocenters. The van der Waals surface area contributed by atoms with Gasteiger partial charge in [0.25, 0.3) is 5.91 Å². The van der Waals surface area contributed by atoms with Gasteiger partial charge in [0.05, 0.1) is 24.8 Å². The minimum Gasteiger partial charge on any atom is -0.481 e. The first-order valence-corrected chi connectivity index (χ1v) is 8.09. The third-order valence-corrected chi connectivity index (χ3v) is 4.37. The van der Waals surface area contributed by atoms with Crippen LogP contribution in [0, 0.1) is 5.92 Å². The molecule has 2 aromatic heterocycles. The lowest BCUT2D eigenvalue weighted by molar-refractivity contribution is 0.0234. The predicted octanol–water partition coefficient (Wildman–Crippen LogP) is 1.16. The number of ether oxygens (including phenoxy) is 1. The molecule has 1 unspecified atom stereocenters. The normalized spacial score (nSPS) is 20.3. The molecule has 0 saturated heterocycles. The Kier molecular flexibility index (Phi) is 5.08. The highest BCUT2D eigenvalue weighted by Gasteiger charge is 2.36. The molecule has 132 valence electrons. The van der Waals surface area contributed by atoms with E-state index in [4.69, 9.17) is 4.74 Å². The first-order chi connectivity index (χ1) is 12.1. The van der Waals surface area contributed by atoms with Crippen LogP contribution in [0.4, 0.5) is 5.95 Å². The zero-order chi connectivity index (χ0) is 17.8. The maximum atomic E-state index is 12.6. The molecule has 0 radical (unpaired) electrons. The van der Waals surface area contributed by atoms with Crippen LogP contribution >= 0.6 is 0 Å². The molecule has 0 aromatic carbocycles. The molecule has 8 nitrogen and oxygen atoms in total. The quantitative estimate of drug-likeness (QED) is 0.722. The second-order valence-electron chi connectivity index (χ2n) is 6.02. The van der Waals surface area contributed by atoms with Crippen molar-refractivity contribution in [1.82, 2.24) is 20.3 Å². The van der Waals surface area contributed by atoms with Gasteiger partial charge in [-0.2, -0.15) is 0 Å². The van der Waals surface area contributed by atoms with E-state index in [-0.39, 0.29) is 24.0 Å². The number of rotatable bonds is 6. The SMILES string of the molecule is CNc1ncc(C(=O)NC(c2ccc(OC)nc2)C2CC(O)C2)cn1. The van der Waals surface area contributed by atoms with Gasteiger partial charge in [0.15, 0.2) is 0 Å². The van der Waals surface area contributed by atoms with Gasteiger partial charge >= 0.3 is 0 Å². The number of aliphatic hydroxyl groups excluding tert-OH is 1. The maximum Gasteiger partial charge on any atom is 0.254 e. The lowest BCUT2D eigenvalue weighted by Gasteiger charge is -2.38. The number of amides is 1. The molecule has 2 heterocycles. The van der Waals surface area contributed by atoms with Crippen LogP contribution in [0.3, 0.4) is 0 Å². The van der Waals surface area contributed by atoms with Crippen molar-refractivity contribution >= 4 is 11.9 Å². The monoisotopic (exact) mass is 343 g/mol. The van der Waals surface area contributed by atoms with E-state index in [0.29, 0.717) is 30.2 Å². The minimum atomic E-state index is -0.311. The van der Waals surface area contributed by atoms with E-state index >= 15 is 0 Å². The van der Waals surface area contributed by atoms with E-state index in [2.05, 4.69) is 25.6 Å². The maximum absolute atomic E-state index is 12.6. The van der Waals surface area contributed by atoms with Gasteiger partial charge in [0.2, 0.25) is 11.8 Å². The van der Waals surface area contributed by atoms with Gasteiger partial charge < -0.3 is 20.5 Å². The van der Waals surface area contributed by atoms with Crippen molar-refractivity contribution in [3.63, 3.8) is 0 Å². The molecule has 3 N–H and O–H groups in total. The standard InChI is InChI=1S/C17H21N5O3/c1-18-17-20-8-12(9-21-17)16(24)22-15(11-5-13(23)6-11)10-3-4-14(25-2)19-7-10/h3-4,7-9,11,13,15,23H,5-6H2,1-2H3,(H,22,24)(H,18,20,21). The number of hydrogen-bond donors (Lipinski definition) is 3. The molecule has 2 aromatic rings. The van der Waals surface area contributed by atoms with E-state index < -0.39 is 0 Å². The van der Waals surface area contributed by atoms with Gasteiger partial charge in [-0.15, -0.1) is 0 Å². The Morgan fingerprint density at radius 3 is 2.48 bits per heavy atom. The zero-order valence-corrected chi connectivity index (χ0v) is 14.1. The Morgan fingerprint density at radius 2 is 1.96 bits per heavy atom. The summed E-state index contributed by atoms with van der Waals surface area (Å²) in [6.07, 6.45) is 5.63. The third kappa shape index (κ3) is 3.85. The highest BCUT2D eigenvalue weighted by Crippen LogP contribution is 2.38. The predicted molar refractivity (Wildman–Crippen MR) is 91.3 cm³/mol. The Morgan fingerprint density at radius 1 is 1.24 bits per heavy atom. The summed E-state index contributed by atoms with van der Waals surface area (Å²) in [6, 6.07) is 3.40. The van der Waals surface area contributed by atoms with Gasteiger partial charge in [-0.3, -0.25) is 4.79 Å². The number of pyridine rings is 1.